The third-order valence-electron chi connectivity index (χ3n) is 7.05. The van der Waals surface area contributed by atoms with Crippen molar-refractivity contribution in [3.63, 3.8) is 0 Å². The van der Waals surface area contributed by atoms with E-state index in [2.05, 4.69) is 20.8 Å². The highest BCUT2D eigenvalue weighted by Crippen LogP contribution is 2.57. The van der Waals surface area contributed by atoms with Crippen molar-refractivity contribution in [3.8, 4) is 0 Å². The van der Waals surface area contributed by atoms with Crippen molar-refractivity contribution < 1.29 is 28.6 Å². The summed E-state index contributed by atoms with van der Waals surface area (Å²) in [7, 11) is 0. The van der Waals surface area contributed by atoms with Crippen LogP contribution in [0.3, 0.4) is 0 Å². The van der Waals surface area contributed by atoms with Crippen LogP contribution in [0.4, 0.5) is 0 Å². The molecule has 2 aliphatic carbocycles. The van der Waals surface area contributed by atoms with E-state index in [4.69, 9.17) is 14.2 Å². The lowest BCUT2D eigenvalue weighted by Gasteiger charge is -2.52. The monoisotopic (exact) mass is 408 g/mol. The van der Waals surface area contributed by atoms with Crippen molar-refractivity contribution >= 4 is 17.9 Å². The summed E-state index contributed by atoms with van der Waals surface area (Å²) in [5, 5.41) is 0. The normalized spacial score (nSPS) is 31.7. The lowest BCUT2D eigenvalue weighted by molar-refractivity contribution is -0.159. The topological polar surface area (TPSA) is 78.9 Å². The Morgan fingerprint density at radius 2 is 1.48 bits per heavy atom. The molecule has 164 valence electrons. The van der Waals surface area contributed by atoms with Gasteiger partial charge < -0.3 is 14.2 Å². The Morgan fingerprint density at radius 3 is 2.07 bits per heavy atom. The predicted octanol–water partition coefficient (Wildman–Crippen LogP) is 4.36. The highest BCUT2D eigenvalue weighted by molar-refractivity contribution is 5.67. The van der Waals surface area contributed by atoms with Gasteiger partial charge in [0.05, 0.1) is 12.0 Å². The zero-order valence-electron chi connectivity index (χ0n) is 18.8. The van der Waals surface area contributed by atoms with Crippen LogP contribution in [0.25, 0.3) is 0 Å². The maximum Gasteiger partial charge on any atom is 0.302 e. The standard InChI is InChI=1S/C23H36O6/c1-15-8-9-20-19(22(15,5)12-7-13-27-16(2)24)10-11-21(29-18(4)26)23(20,6)14-28-17(3)25/h15,21H,7-14H2,1-6H3/t15?,21-,22+,23-/m1/s1. The lowest BCUT2D eigenvalue weighted by Crippen LogP contribution is -2.48. The molecule has 6 heteroatoms. The molecule has 29 heavy (non-hydrogen) atoms. The highest BCUT2D eigenvalue weighted by atomic mass is 16.6. The first-order valence-electron chi connectivity index (χ1n) is 10.7. The molecule has 0 spiro atoms. The fourth-order valence-corrected chi connectivity index (χ4v) is 5.20. The summed E-state index contributed by atoms with van der Waals surface area (Å²) >= 11 is 0. The molecule has 1 unspecified atom stereocenters. The van der Waals surface area contributed by atoms with Crippen LogP contribution >= 0.6 is 0 Å². The first kappa shape index (κ1) is 23.4. The average Bonchev–Trinajstić information content (AvgIpc) is 2.62. The van der Waals surface area contributed by atoms with Gasteiger partial charge in [-0.3, -0.25) is 14.4 Å². The smallest absolute Gasteiger partial charge is 0.302 e. The number of esters is 3. The summed E-state index contributed by atoms with van der Waals surface area (Å²) in [6.07, 6.45) is 5.00. The number of ether oxygens (including phenoxy) is 3. The number of carbonyl (C=O) groups excluding carboxylic acids is 3. The molecule has 0 saturated carbocycles. The fraction of sp³-hybridized carbons (Fsp3) is 0.783. The van der Waals surface area contributed by atoms with Gasteiger partial charge >= 0.3 is 17.9 Å². The second-order valence-electron chi connectivity index (χ2n) is 9.09. The molecule has 0 amide bonds. The molecule has 0 fully saturated rings. The van der Waals surface area contributed by atoms with Crippen LogP contribution in [0.1, 0.15) is 80.1 Å². The van der Waals surface area contributed by atoms with Crippen LogP contribution in [0.5, 0.6) is 0 Å². The number of hydrogen-bond donors (Lipinski definition) is 0. The van der Waals surface area contributed by atoms with Gasteiger partial charge in [0.2, 0.25) is 0 Å². The van der Waals surface area contributed by atoms with Crippen molar-refractivity contribution in [1.29, 1.82) is 0 Å². The largest absolute Gasteiger partial charge is 0.466 e. The van der Waals surface area contributed by atoms with Crippen LogP contribution < -0.4 is 0 Å². The van der Waals surface area contributed by atoms with E-state index >= 15 is 0 Å². The average molecular weight is 409 g/mol. The predicted molar refractivity (Wildman–Crippen MR) is 109 cm³/mol. The van der Waals surface area contributed by atoms with E-state index in [1.165, 1.54) is 31.9 Å². The quantitative estimate of drug-likeness (QED) is 0.270. The third-order valence-corrected chi connectivity index (χ3v) is 7.05. The van der Waals surface area contributed by atoms with Crippen molar-refractivity contribution in [3.05, 3.63) is 11.1 Å². The summed E-state index contributed by atoms with van der Waals surface area (Å²) in [4.78, 5) is 34.3. The Bertz CT molecular complexity index is 681. The van der Waals surface area contributed by atoms with E-state index < -0.39 is 5.41 Å². The molecule has 2 rings (SSSR count). The first-order valence-corrected chi connectivity index (χ1v) is 10.7. The Kier molecular flexibility index (Phi) is 7.52. The molecule has 0 aromatic carbocycles. The minimum Gasteiger partial charge on any atom is -0.466 e. The number of allylic oxidation sites excluding steroid dienone is 1. The molecule has 0 saturated heterocycles. The van der Waals surface area contributed by atoms with Gasteiger partial charge in [0, 0.05) is 20.8 Å². The van der Waals surface area contributed by atoms with Crippen LogP contribution in [0.15, 0.2) is 11.1 Å². The molecule has 0 radical (unpaired) electrons. The van der Waals surface area contributed by atoms with Crippen molar-refractivity contribution in [1.82, 2.24) is 0 Å². The summed E-state index contributed by atoms with van der Waals surface area (Å²) in [5.74, 6) is -0.375. The molecule has 2 aliphatic rings. The van der Waals surface area contributed by atoms with Crippen LogP contribution in [-0.2, 0) is 28.6 Å². The van der Waals surface area contributed by atoms with Crippen LogP contribution in [-0.4, -0.2) is 37.2 Å². The van der Waals surface area contributed by atoms with Gasteiger partial charge in [-0.05, 0) is 56.8 Å². The summed E-state index contributed by atoms with van der Waals surface area (Å²) in [6.45, 7) is 11.6. The van der Waals surface area contributed by atoms with Crippen molar-refractivity contribution in [2.24, 2.45) is 16.7 Å². The summed E-state index contributed by atoms with van der Waals surface area (Å²) < 4.78 is 16.3. The Labute approximate surface area is 174 Å². The molecule has 0 aromatic rings. The molecule has 6 nitrogen and oxygen atoms in total. The van der Waals surface area contributed by atoms with E-state index in [1.54, 1.807) is 0 Å². The second-order valence-corrected chi connectivity index (χ2v) is 9.09. The maximum atomic E-state index is 11.7. The second kappa shape index (κ2) is 9.31. The molecular weight excluding hydrogens is 372 g/mol. The van der Waals surface area contributed by atoms with Crippen LogP contribution in [0, 0.1) is 16.7 Å². The lowest BCUT2D eigenvalue weighted by atomic mass is 9.54. The molecule has 0 bridgehead atoms. The van der Waals surface area contributed by atoms with Gasteiger partial charge in [-0.2, -0.15) is 0 Å². The summed E-state index contributed by atoms with van der Waals surface area (Å²) in [5.41, 5.74) is 2.18. The summed E-state index contributed by atoms with van der Waals surface area (Å²) in [6, 6.07) is 0. The maximum absolute atomic E-state index is 11.7. The number of carbonyl (C=O) groups is 3. The number of rotatable bonds is 7. The minimum absolute atomic E-state index is 0.00753. The molecule has 0 N–H and O–H groups in total. The molecule has 0 aliphatic heterocycles. The Morgan fingerprint density at radius 1 is 0.897 bits per heavy atom. The van der Waals surface area contributed by atoms with Crippen molar-refractivity contribution in [2.75, 3.05) is 13.2 Å². The Hall–Kier alpha value is -1.85. The third kappa shape index (κ3) is 5.20. The fourth-order valence-electron chi connectivity index (χ4n) is 5.20. The zero-order valence-corrected chi connectivity index (χ0v) is 18.8. The minimum atomic E-state index is -0.512. The van der Waals surface area contributed by atoms with E-state index in [9.17, 15) is 14.4 Å². The van der Waals surface area contributed by atoms with E-state index in [0.29, 0.717) is 12.5 Å². The van der Waals surface area contributed by atoms with Crippen molar-refractivity contribution in [2.45, 2.75) is 86.2 Å². The van der Waals surface area contributed by atoms with E-state index in [-0.39, 0.29) is 36.0 Å². The SMILES string of the molecule is CC(=O)OCCC[C@]1(C)C2=C(CCC1C)[C@@](C)(COC(C)=O)[C@H](OC(C)=O)CC2. The molecular formula is C23H36O6. The molecule has 0 aromatic heterocycles. The first-order chi connectivity index (χ1) is 13.5. The van der Waals surface area contributed by atoms with Gasteiger partial charge in [-0.1, -0.05) is 25.0 Å². The van der Waals surface area contributed by atoms with E-state index in [0.717, 1.165) is 38.5 Å². The van der Waals surface area contributed by atoms with Crippen LogP contribution in [0.2, 0.25) is 0 Å². The van der Waals surface area contributed by atoms with Gasteiger partial charge in [-0.15, -0.1) is 0 Å². The van der Waals surface area contributed by atoms with E-state index in [1.807, 2.05) is 0 Å². The molecule has 4 atom stereocenters. The number of hydrogen-bond acceptors (Lipinski definition) is 6. The Balaban J connectivity index is 2.36. The van der Waals surface area contributed by atoms with Gasteiger partial charge in [-0.25, -0.2) is 0 Å². The molecule has 0 heterocycles. The van der Waals surface area contributed by atoms with Gasteiger partial charge in [0.15, 0.2) is 0 Å². The zero-order chi connectivity index (χ0) is 21.8. The highest BCUT2D eigenvalue weighted by Gasteiger charge is 2.51. The van der Waals surface area contributed by atoms with Gasteiger partial charge in [0.25, 0.3) is 0 Å². The van der Waals surface area contributed by atoms with Gasteiger partial charge in [0.1, 0.15) is 12.7 Å².